The van der Waals surface area contributed by atoms with E-state index in [0.29, 0.717) is 0 Å². The van der Waals surface area contributed by atoms with E-state index in [-0.39, 0.29) is 29.9 Å². The summed E-state index contributed by atoms with van der Waals surface area (Å²) in [4.78, 5) is 27.4. The van der Waals surface area contributed by atoms with Gasteiger partial charge in [0.1, 0.15) is 6.04 Å². The van der Waals surface area contributed by atoms with Crippen LogP contribution in [0.3, 0.4) is 0 Å². The van der Waals surface area contributed by atoms with Gasteiger partial charge in [-0.15, -0.1) is 0 Å². The molecule has 2 aromatic rings. The second-order valence-electron chi connectivity index (χ2n) is 8.42. The standard InChI is InChI=1S/C24H33N3O4S/c1-17(2)25-24(29)20(5)27(15-21-11-7-18(3)8-12-21)23(28)16-26(6)32(30,31)22-13-9-19(4)10-14-22/h7-14,17,20H,15-16H2,1-6H3,(H,25,29)/t20-/m1/s1. The van der Waals surface area contributed by atoms with Crippen molar-refractivity contribution >= 4 is 21.8 Å². The molecule has 174 valence electrons. The topological polar surface area (TPSA) is 86.8 Å². The lowest BCUT2D eigenvalue weighted by Crippen LogP contribution is -2.51. The first kappa shape index (κ1) is 25.5. The first-order valence-corrected chi connectivity index (χ1v) is 12.0. The van der Waals surface area contributed by atoms with Crippen molar-refractivity contribution in [3.8, 4) is 0 Å². The molecule has 0 aliphatic heterocycles. The molecule has 1 atom stereocenters. The van der Waals surface area contributed by atoms with E-state index < -0.39 is 22.0 Å². The number of hydrogen-bond acceptors (Lipinski definition) is 4. The number of sulfonamides is 1. The zero-order valence-electron chi connectivity index (χ0n) is 19.6. The van der Waals surface area contributed by atoms with Crippen molar-refractivity contribution in [1.82, 2.24) is 14.5 Å². The van der Waals surface area contributed by atoms with Crippen LogP contribution in [0.5, 0.6) is 0 Å². The molecule has 0 aliphatic rings. The molecule has 0 unspecified atom stereocenters. The predicted molar refractivity (Wildman–Crippen MR) is 125 cm³/mol. The average Bonchev–Trinajstić information content (AvgIpc) is 2.72. The SMILES string of the molecule is Cc1ccc(CN(C(=O)CN(C)S(=O)(=O)c2ccc(C)cc2)[C@H](C)C(=O)NC(C)C)cc1. The Labute approximate surface area is 191 Å². The summed E-state index contributed by atoms with van der Waals surface area (Å²) in [6.07, 6.45) is 0. The third-order valence-corrected chi connectivity index (χ3v) is 6.98. The third-order valence-electron chi connectivity index (χ3n) is 5.16. The molecule has 2 aromatic carbocycles. The van der Waals surface area contributed by atoms with Crippen molar-refractivity contribution in [2.75, 3.05) is 13.6 Å². The fourth-order valence-corrected chi connectivity index (χ4v) is 4.25. The van der Waals surface area contributed by atoms with Gasteiger partial charge in [0.2, 0.25) is 21.8 Å². The van der Waals surface area contributed by atoms with Gasteiger partial charge in [-0.05, 0) is 52.3 Å². The molecule has 2 amide bonds. The lowest BCUT2D eigenvalue weighted by Gasteiger charge is -2.30. The molecule has 0 spiro atoms. The van der Waals surface area contributed by atoms with Crippen LogP contribution in [0.1, 0.15) is 37.5 Å². The summed E-state index contributed by atoms with van der Waals surface area (Å²) in [5.41, 5.74) is 2.88. The van der Waals surface area contributed by atoms with Gasteiger partial charge in [-0.3, -0.25) is 9.59 Å². The highest BCUT2D eigenvalue weighted by Gasteiger charge is 2.30. The Morgan fingerprint density at radius 1 is 0.906 bits per heavy atom. The van der Waals surface area contributed by atoms with E-state index in [9.17, 15) is 18.0 Å². The summed E-state index contributed by atoms with van der Waals surface area (Å²) >= 11 is 0. The number of carbonyl (C=O) groups excluding carboxylic acids is 2. The van der Waals surface area contributed by atoms with Gasteiger partial charge in [-0.25, -0.2) is 8.42 Å². The van der Waals surface area contributed by atoms with Gasteiger partial charge in [0.15, 0.2) is 0 Å². The average molecular weight is 460 g/mol. The minimum Gasteiger partial charge on any atom is -0.352 e. The third kappa shape index (κ3) is 6.64. The fourth-order valence-electron chi connectivity index (χ4n) is 3.13. The van der Waals surface area contributed by atoms with Crippen molar-refractivity contribution in [2.24, 2.45) is 0 Å². The number of nitrogens with zero attached hydrogens (tertiary/aromatic N) is 2. The first-order chi connectivity index (χ1) is 14.9. The lowest BCUT2D eigenvalue weighted by molar-refractivity contribution is -0.140. The quantitative estimate of drug-likeness (QED) is 0.625. The molecule has 32 heavy (non-hydrogen) atoms. The molecule has 8 heteroatoms. The molecule has 0 bridgehead atoms. The maximum Gasteiger partial charge on any atom is 0.243 e. The number of rotatable bonds is 9. The molecule has 1 N–H and O–H groups in total. The number of hydrogen-bond donors (Lipinski definition) is 1. The van der Waals surface area contributed by atoms with E-state index in [2.05, 4.69) is 5.32 Å². The first-order valence-electron chi connectivity index (χ1n) is 10.6. The second-order valence-corrected chi connectivity index (χ2v) is 10.5. The van der Waals surface area contributed by atoms with E-state index in [4.69, 9.17) is 0 Å². The molecular formula is C24H33N3O4S. The lowest BCUT2D eigenvalue weighted by atomic mass is 10.1. The van der Waals surface area contributed by atoms with E-state index in [1.807, 2.05) is 52.0 Å². The summed E-state index contributed by atoms with van der Waals surface area (Å²) < 4.78 is 26.9. The Morgan fingerprint density at radius 2 is 1.41 bits per heavy atom. The van der Waals surface area contributed by atoms with Crippen LogP contribution < -0.4 is 5.32 Å². The molecule has 0 fully saturated rings. The van der Waals surface area contributed by atoms with Crippen molar-refractivity contribution < 1.29 is 18.0 Å². The number of likely N-dealkylation sites (N-methyl/N-ethyl adjacent to an activating group) is 1. The normalized spacial score (nSPS) is 12.6. The van der Waals surface area contributed by atoms with Gasteiger partial charge >= 0.3 is 0 Å². The second kappa shape index (κ2) is 10.7. The Kier molecular flexibility index (Phi) is 8.58. The van der Waals surface area contributed by atoms with Crippen LogP contribution in [-0.4, -0.2) is 55.1 Å². The van der Waals surface area contributed by atoms with Crippen LogP contribution in [0, 0.1) is 13.8 Å². The highest BCUT2D eigenvalue weighted by Crippen LogP contribution is 2.17. The zero-order chi connectivity index (χ0) is 24.1. The van der Waals surface area contributed by atoms with Crippen molar-refractivity contribution in [3.63, 3.8) is 0 Å². The molecule has 7 nitrogen and oxygen atoms in total. The molecule has 2 rings (SSSR count). The summed E-state index contributed by atoms with van der Waals surface area (Å²) in [5.74, 6) is -0.736. The van der Waals surface area contributed by atoms with E-state index >= 15 is 0 Å². The van der Waals surface area contributed by atoms with Gasteiger partial charge in [0.05, 0.1) is 11.4 Å². The Morgan fingerprint density at radius 3 is 1.91 bits per heavy atom. The van der Waals surface area contributed by atoms with Crippen molar-refractivity contribution in [1.29, 1.82) is 0 Å². The van der Waals surface area contributed by atoms with Gasteiger partial charge in [0.25, 0.3) is 0 Å². The monoisotopic (exact) mass is 459 g/mol. The van der Waals surface area contributed by atoms with E-state index in [1.54, 1.807) is 19.1 Å². The Hall–Kier alpha value is -2.71. The maximum atomic E-state index is 13.2. The predicted octanol–water partition coefficient (Wildman–Crippen LogP) is 2.87. The summed E-state index contributed by atoms with van der Waals surface area (Å²) in [6.45, 7) is 9.01. The largest absolute Gasteiger partial charge is 0.352 e. The minimum absolute atomic E-state index is 0.0779. The van der Waals surface area contributed by atoms with Crippen molar-refractivity contribution in [3.05, 3.63) is 65.2 Å². The van der Waals surface area contributed by atoms with Crippen LogP contribution in [0.4, 0.5) is 0 Å². The van der Waals surface area contributed by atoms with E-state index in [1.165, 1.54) is 24.1 Å². The smallest absolute Gasteiger partial charge is 0.243 e. The highest BCUT2D eigenvalue weighted by molar-refractivity contribution is 7.89. The van der Waals surface area contributed by atoms with Crippen LogP contribution in [0.15, 0.2) is 53.4 Å². The summed E-state index contributed by atoms with van der Waals surface area (Å²) in [7, 11) is -2.47. The highest BCUT2D eigenvalue weighted by atomic mass is 32.2. The van der Waals surface area contributed by atoms with Crippen molar-refractivity contribution in [2.45, 2.75) is 58.1 Å². The molecule has 0 aromatic heterocycles. The van der Waals surface area contributed by atoms with Gasteiger partial charge < -0.3 is 10.2 Å². The fraction of sp³-hybridized carbons (Fsp3) is 0.417. The van der Waals surface area contributed by atoms with Crippen LogP contribution in [0.2, 0.25) is 0 Å². The number of benzene rings is 2. The molecule has 0 radical (unpaired) electrons. The summed E-state index contributed by atoms with van der Waals surface area (Å²) in [5, 5.41) is 2.82. The zero-order valence-corrected chi connectivity index (χ0v) is 20.4. The number of aryl methyl sites for hydroxylation is 2. The van der Waals surface area contributed by atoms with E-state index in [0.717, 1.165) is 21.0 Å². The van der Waals surface area contributed by atoms with Crippen LogP contribution in [-0.2, 0) is 26.2 Å². The minimum atomic E-state index is -3.84. The molecule has 0 heterocycles. The van der Waals surface area contributed by atoms with Crippen LogP contribution in [0.25, 0.3) is 0 Å². The van der Waals surface area contributed by atoms with Gasteiger partial charge in [0, 0.05) is 19.6 Å². The maximum absolute atomic E-state index is 13.2. The van der Waals surface area contributed by atoms with Gasteiger partial charge in [-0.1, -0.05) is 47.5 Å². The molecular weight excluding hydrogens is 426 g/mol. The Bertz CT molecular complexity index is 1030. The molecule has 0 saturated heterocycles. The summed E-state index contributed by atoms with van der Waals surface area (Å²) in [6, 6.07) is 13.3. The number of amides is 2. The molecule has 0 aliphatic carbocycles. The van der Waals surface area contributed by atoms with Crippen LogP contribution >= 0.6 is 0 Å². The Balaban J connectivity index is 2.26. The number of carbonyl (C=O) groups is 2. The number of nitrogens with one attached hydrogen (secondary N) is 1. The van der Waals surface area contributed by atoms with Gasteiger partial charge in [-0.2, -0.15) is 4.31 Å². The molecule has 0 saturated carbocycles.